The zero-order chi connectivity index (χ0) is 14.6. The summed E-state index contributed by atoms with van der Waals surface area (Å²) in [6.07, 6.45) is 8.23. The lowest BCUT2D eigenvalue weighted by atomic mass is 10.2. The Morgan fingerprint density at radius 2 is 1.89 bits per heavy atom. The molecule has 3 N–H and O–H groups in total. The molecule has 0 aromatic rings. The van der Waals surface area contributed by atoms with E-state index in [9.17, 15) is 15.0 Å². The third kappa shape index (κ3) is 8.72. The molecule has 0 aliphatic carbocycles. The summed E-state index contributed by atoms with van der Waals surface area (Å²) in [6.45, 7) is 1.25. The smallest absolute Gasteiger partial charge is 0.359 e. The lowest BCUT2D eigenvalue weighted by molar-refractivity contribution is -0.971. The van der Waals surface area contributed by atoms with Crippen molar-refractivity contribution in [2.24, 2.45) is 0 Å². The van der Waals surface area contributed by atoms with Crippen LogP contribution in [0.3, 0.4) is 0 Å². The van der Waals surface area contributed by atoms with E-state index in [2.05, 4.69) is 6.08 Å². The molecule has 6 nitrogen and oxygen atoms in total. The van der Waals surface area contributed by atoms with Crippen LogP contribution in [0.4, 0.5) is 0 Å². The summed E-state index contributed by atoms with van der Waals surface area (Å²) >= 11 is 0. The van der Waals surface area contributed by atoms with Crippen molar-refractivity contribution in [2.45, 2.75) is 32.6 Å². The topological polar surface area (TPSA) is 87.0 Å². The SMILES string of the molecule is C/C=C/CCCCCOC[N+](CO)(CO)CC(=O)O. The van der Waals surface area contributed by atoms with Gasteiger partial charge in [-0.2, -0.15) is 0 Å². The monoisotopic (exact) mass is 276 g/mol. The first kappa shape index (κ1) is 18.0. The number of aliphatic hydroxyl groups is 2. The number of allylic oxidation sites excluding steroid dienone is 2. The highest BCUT2D eigenvalue weighted by atomic mass is 16.5. The molecule has 0 rings (SSSR count). The van der Waals surface area contributed by atoms with E-state index < -0.39 is 19.4 Å². The number of hydrogen-bond donors (Lipinski definition) is 3. The summed E-state index contributed by atoms with van der Waals surface area (Å²) in [6, 6.07) is 0. The highest BCUT2D eigenvalue weighted by molar-refractivity contribution is 5.67. The van der Waals surface area contributed by atoms with Crippen LogP contribution in [0, 0.1) is 0 Å². The maximum absolute atomic E-state index is 10.7. The summed E-state index contributed by atoms with van der Waals surface area (Å²) in [5.74, 6) is -1.07. The molecule has 0 heterocycles. The van der Waals surface area contributed by atoms with E-state index in [0.29, 0.717) is 6.61 Å². The first-order chi connectivity index (χ1) is 9.10. The van der Waals surface area contributed by atoms with Gasteiger partial charge < -0.3 is 20.1 Å². The Labute approximate surface area is 114 Å². The van der Waals surface area contributed by atoms with E-state index in [0.717, 1.165) is 25.7 Å². The quantitative estimate of drug-likeness (QED) is 0.213. The number of rotatable bonds is 12. The van der Waals surface area contributed by atoms with E-state index in [-0.39, 0.29) is 17.8 Å². The van der Waals surface area contributed by atoms with Gasteiger partial charge in [-0.3, -0.25) is 0 Å². The van der Waals surface area contributed by atoms with E-state index in [1.54, 1.807) is 0 Å². The van der Waals surface area contributed by atoms with Crippen molar-refractivity contribution in [3.05, 3.63) is 12.2 Å². The van der Waals surface area contributed by atoms with Crippen LogP contribution in [-0.2, 0) is 9.53 Å². The van der Waals surface area contributed by atoms with E-state index in [1.165, 1.54) is 0 Å². The second kappa shape index (κ2) is 10.9. The molecule has 0 radical (unpaired) electrons. The Balaban J connectivity index is 3.78. The Morgan fingerprint density at radius 3 is 2.42 bits per heavy atom. The Morgan fingerprint density at radius 1 is 1.21 bits per heavy atom. The zero-order valence-corrected chi connectivity index (χ0v) is 11.6. The molecule has 0 amide bonds. The van der Waals surface area contributed by atoms with Crippen molar-refractivity contribution in [1.29, 1.82) is 0 Å². The molecule has 19 heavy (non-hydrogen) atoms. The fourth-order valence-electron chi connectivity index (χ4n) is 1.63. The average Bonchev–Trinajstić information content (AvgIpc) is 2.40. The van der Waals surface area contributed by atoms with Crippen LogP contribution in [0.25, 0.3) is 0 Å². The first-order valence-electron chi connectivity index (χ1n) is 6.57. The fraction of sp³-hybridized carbons (Fsp3) is 0.769. The van der Waals surface area contributed by atoms with Crippen LogP contribution >= 0.6 is 0 Å². The number of hydrogen-bond acceptors (Lipinski definition) is 4. The van der Waals surface area contributed by atoms with Gasteiger partial charge in [-0.1, -0.05) is 18.6 Å². The summed E-state index contributed by atoms with van der Waals surface area (Å²) in [5.41, 5.74) is 0. The molecule has 0 saturated carbocycles. The zero-order valence-electron chi connectivity index (χ0n) is 11.6. The molecule has 6 heteroatoms. The van der Waals surface area contributed by atoms with Crippen molar-refractivity contribution in [3.63, 3.8) is 0 Å². The predicted molar refractivity (Wildman–Crippen MR) is 71.0 cm³/mol. The standard InChI is InChI=1S/C13H25NO5/c1-2-3-4-5-6-7-8-19-12-14(10-15,11-16)9-13(17)18/h2-3,15-16H,4-12H2,1H3/p+1/b3-2+. The van der Waals surface area contributed by atoms with Crippen molar-refractivity contribution in [3.8, 4) is 0 Å². The molecule has 0 bridgehead atoms. The van der Waals surface area contributed by atoms with Crippen LogP contribution in [-0.4, -0.2) is 59.1 Å². The highest BCUT2D eigenvalue weighted by Gasteiger charge is 2.29. The third-order valence-electron chi connectivity index (χ3n) is 2.83. The van der Waals surface area contributed by atoms with Crippen LogP contribution in [0.2, 0.25) is 0 Å². The largest absolute Gasteiger partial charge is 0.477 e. The maximum atomic E-state index is 10.7. The summed E-state index contributed by atoms with van der Waals surface area (Å²) < 4.78 is 4.98. The van der Waals surface area contributed by atoms with Gasteiger partial charge in [0, 0.05) is 0 Å². The number of carbonyl (C=O) groups is 1. The molecule has 0 atom stereocenters. The van der Waals surface area contributed by atoms with Crippen LogP contribution in [0.15, 0.2) is 12.2 Å². The molecule has 0 aromatic heterocycles. The van der Waals surface area contributed by atoms with Gasteiger partial charge in [-0.15, -0.1) is 0 Å². The highest BCUT2D eigenvalue weighted by Crippen LogP contribution is 2.06. The van der Waals surface area contributed by atoms with Gasteiger partial charge in [0.15, 0.2) is 26.7 Å². The number of carboxylic acid groups (broad SMARTS) is 1. The fourth-order valence-corrected chi connectivity index (χ4v) is 1.63. The number of nitrogens with zero attached hydrogens (tertiary/aromatic N) is 1. The van der Waals surface area contributed by atoms with Gasteiger partial charge >= 0.3 is 5.97 Å². The van der Waals surface area contributed by atoms with Crippen LogP contribution < -0.4 is 0 Å². The van der Waals surface area contributed by atoms with E-state index in [1.807, 2.05) is 13.0 Å². The minimum absolute atomic E-state index is 0.00810. The van der Waals surface area contributed by atoms with Gasteiger partial charge in [0.2, 0.25) is 0 Å². The summed E-state index contributed by atoms with van der Waals surface area (Å²) in [4.78, 5) is 10.7. The number of quaternary nitrogens is 1. The molecule has 0 aliphatic rings. The number of aliphatic carboxylic acids is 1. The second-order valence-corrected chi connectivity index (χ2v) is 4.63. The first-order valence-corrected chi connectivity index (χ1v) is 6.57. The van der Waals surface area contributed by atoms with Crippen molar-refractivity contribution < 1.29 is 29.3 Å². The third-order valence-corrected chi connectivity index (χ3v) is 2.83. The lowest BCUT2D eigenvalue weighted by Gasteiger charge is -2.31. The minimum Gasteiger partial charge on any atom is -0.477 e. The second-order valence-electron chi connectivity index (χ2n) is 4.63. The average molecular weight is 276 g/mol. The van der Waals surface area contributed by atoms with Crippen LogP contribution in [0.1, 0.15) is 32.6 Å². The van der Waals surface area contributed by atoms with Gasteiger partial charge in [0.1, 0.15) is 0 Å². The van der Waals surface area contributed by atoms with Gasteiger partial charge in [0.05, 0.1) is 6.61 Å². The predicted octanol–water partition coefficient (Wildman–Crippen LogP) is 0.898. The summed E-state index contributed by atoms with van der Waals surface area (Å²) in [7, 11) is 0. The lowest BCUT2D eigenvalue weighted by Crippen LogP contribution is -2.53. The molecular formula is C13H26NO5+. The minimum atomic E-state index is -1.07. The molecule has 0 saturated heterocycles. The van der Waals surface area contributed by atoms with Crippen LogP contribution in [0.5, 0.6) is 0 Å². The molecule has 0 aliphatic heterocycles. The number of unbranched alkanes of at least 4 members (excludes halogenated alkanes) is 3. The van der Waals surface area contributed by atoms with Crippen molar-refractivity contribution in [2.75, 3.05) is 33.3 Å². The molecule has 112 valence electrons. The van der Waals surface area contributed by atoms with Crippen molar-refractivity contribution >= 4 is 5.97 Å². The number of ether oxygens (including phenoxy) is 1. The Hall–Kier alpha value is -0.950. The summed E-state index contributed by atoms with van der Waals surface area (Å²) in [5, 5.41) is 27.1. The molecule has 0 spiro atoms. The van der Waals surface area contributed by atoms with Crippen molar-refractivity contribution in [1.82, 2.24) is 0 Å². The molecule has 0 aromatic carbocycles. The number of aliphatic hydroxyl groups excluding tert-OH is 2. The molecule has 0 fully saturated rings. The van der Waals surface area contributed by atoms with E-state index in [4.69, 9.17) is 9.84 Å². The normalized spacial score (nSPS) is 12.2. The molecule has 0 unspecified atom stereocenters. The number of carboxylic acids is 1. The van der Waals surface area contributed by atoms with Gasteiger partial charge in [0.25, 0.3) is 0 Å². The van der Waals surface area contributed by atoms with E-state index >= 15 is 0 Å². The van der Waals surface area contributed by atoms with Gasteiger partial charge in [-0.05, 0) is 26.2 Å². The Kier molecular flexibility index (Phi) is 10.4. The molecular weight excluding hydrogens is 250 g/mol. The Bertz CT molecular complexity index is 264. The maximum Gasteiger partial charge on any atom is 0.359 e. The van der Waals surface area contributed by atoms with Gasteiger partial charge in [-0.25, -0.2) is 9.28 Å².